The molecular weight excluding hydrogens is 268 g/mol. The van der Waals surface area contributed by atoms with Crippen LogP contribution in [0.15, 0.2) is 18.2 Å². The summed E-state index contributed by atoms with van der Waals surface area (Å²) < 4.78 is 5.28. The summed E-state index contributed by atoms with van der Waals surface area (Å²) in [7, 11) is 1.64. The lowest BCUT2D eigenvalue weighted by Crippen LogP contribution is -2.62. The van der Waals surface area contributed by atoms with E-state index in [0.29, 0.717) is 12.8 Å². The highest BCUT2D eigenvalue weighted by molar-refractivity contribution is 5.80. The molecule has 1 aliphatic carbocycles. The fourth-order valence-electron chi connectivity index (χ4n) is 3.56. The zero-order valence-electron chi connectivity index (χ0n) is 12.4. The number of ether oxygens (including phenoxy) is 1. The zero-order valence-corrected chi connectivity index (χ0v) is 12.4. The number of carbonyl (C=O) groups is 1. The predicted molar refractivity (Wildman–Crippen MR) is 79.8 cm³/mol. The molecule has 3 rings (SSSR count). The van der Waals surface area contributed by atoms with Crippen molar-refractivity contribution in [2.45, 2.75) is 24.8 Å². The smallest absolute Gasteiger partial charge is 0.324 e. The summed E-state index contributed by atoms with van der Waals surface area (Å²) in [6.45, 7) is 3.32. The molecule has 0 bridgehead atoms. The highest BCUT2D eigenvalue weighted by Gasteiger charge is 2.46. The van der Waals surface area contributed by atoms with Crippen molar-refractivity contribution in [3.8, 4) is 5.75 Å². The van der Waals surface area contributed by atoms with Gasteiger partial charge in [0.05, 0.1) is 7.11 Å². The molecule has 0 amide bonds. The van der Waals surface area contributed by atoms with Gasteiger partial charge in [-0.15, -0.1) is 0 Å². The van der Waals surface area contributed by atoms with Crippen molar-refractivity contribution in [3.63, 3.8) is 0 Å². The molecule has 1 atom stereocenters. The number of nitrogens with one attached hydrogen (secondary N) is 1. The Hall–Kier alpha value is -1.59. The van der Waals surface area contributed by atoms with Gasteiger partial charge in [0.2, 0.25) is 0 Å². The van der Waals surface area contributed by atoms with Crippen molar-refractivity contribution in [2.75, 3.05) is 33.3 Å². The van der Waals surface area contributed by atoms with E-state index in [2.05, 4.69) is 16.3 Å². The number of nitrogens with zero attached hydrogens (tertiary/aromatic N) is 1. The fourth-order valence-corrected chi connectivity index (χ4v) is 3.56. The Morgan fingerprint density at radius 2 is 2.10 bits per heavy atom. The maximum Gasteiger partial charge on any atom is 0.324 e. The molecule has 114 valence electrons. The van der Waals surface area contributed by atoms with E-state index in [1.54, 1.807) is 7.11 Å². The van der Waals surface area contributed by atoms with Crippen molar-refractivity contribution in [1.82, 2.24) is 10.2 Å². The molecule has 5 heteroatoms. The average molecular weight is 290 g/mol. The van der Waals surface area contributed by atoms with Gasteiger partial charge in [0.25, 0.3) is 0 Å². The topological polar surface area (TPSA) is 61.8 Å². The quantitative estimate of drug-likeness (QED) is 0.866. The molecule has 2 aliphatic rings. The maximum atomic E-state index is 12.0. The van der Waals surface area contributed by atoms with Crippen LogP contribution < -0.4 is 10.1 Å². The lowest BCUT2D eigenvalue weighted by molar-refractivity contribution is -0.153. The minimum Gasteiger partial charge on any atom is -0.497 e. The van der Waals surface area contributed by atoms with Gasteiger partial charge < -0.3 is 15.2 Å². The monoisotopic (exact) mass is 290 g/mol. The number of rotatable bonds is 3. The first kappa shape index (κ1) is 14.4. The number of carboxylic acid groups (broad SMARTS) is 1. The van der Waals surface area contributed by atoms with E-state index >= 15 is 0 Å². The van der Waals surface area contributed by atoms with Crippen LogP contribution in [0.3, 0.4) is 0 Å². The summed E-state index contributed by atoms with van der Waals surface area (Å²) in [4.78, 5) is 14.2. The van der Waals surface area contributed by atoms with E-state index in [4.69, 9.17) is 4.74 Å². The van der Waals surface area contributed by atoms with Crippen LogP contribution in [0.25, 0.3) is 0 Å². The number of piperazine rings is 1. The number of fused-ring (bicyclic) bond motifs is 1. The Balaban J connectivity index is 1.93. The van der Waals surface area contributed by atoms with Gasteiger partial charge in [-0.2, -0.15) is 0 Å². The molecular formula is C16H22N2O3. The molecule has 1 heterocycles. The number of aliphatic carboxylic acids is 1. The van der Waals surface area contributed by atoms with E-state index in [1.165, 1.54) is 5.56 Å². The van der Waals surface area contributed by atoms with Crippen molar-refractivity contribution < 1.29 is 14.6 Å². The number of carboxylic acids is 1. The Bertz CT molecular complexity index is 540. The second kappa shape index (κ2) is 5.66. The van der Waals surface area contributed by atoms with Gasteiger partial charge in [-0.05, 0) is 36.1 Å². The Labute approximate surface area is 124 Å². The number of methoxy groups -OCH3 is 1. The zero-order chi connectivity index (χ0) is 14.9. The number of hydrogen-bond acceptors (Lipinski definition) is 4. The highest BCUT2D eigenvalue weighted by atomic mass is 16.5. The minimum absolute atomic E-state index is 0.564. The first-order valence-corrected chi connectivity index (χ1v) is 7.51. The summed E-state index contributed by atoms with van der Waals surface area (Å²) in [5.41, 5.74) is 1.60. The van der Waals surface area contributed by atoms with Crippen LogP contribution >= 0.6 is 0 Å². The Morgan fingerprint density at radius 1 is 1.33 bits per heavy atom. The van der Waals surface area contributed by atoms with Gasteiger partial charge in [0.15, 0.2) is 0 Å². The second-order valence-corrected chi connectivity index (χ2v) is 5.89. The van der Waals surface area contributed by atoms with Crippen molar-refractivity contribution in [3.05, 3.63) is 29.3 Å². The molecule has 5 nitrogen and oxygen atoms in total. The molecule has 0 spiro atoms. The standard InChI is InChI=1S/C16H22N2O3/c1-21-14-3-2-12-4-5-16(15(19)20,11-13(12)10-14)18-8-6-17-7-9-18/h2-3,10,17H,4-9,11H2,1H3,(H,19,20). The van der Waals surface area contributed by atoms with Crippen LogP contribution in [0.1, 0.15) is 17.5 Å². The molecule has 1 saturated heterocycles. The summed E-state index contributed by atoms with van der Waals surface area (Å²) in [5.74, 6) is 0.105. The van der Waals surface area contributed by atoms with E-state index in [1.807, 2.05) is 12.1 Å². The first-order valence-electron chi connectivity index (χ1n) is 7.51. The van der Waals surface area contributed by atoms with E-state index in [-0.39, 0.29) is 0 Å². The SMILES string of the molecule is COc1ccc2c(c1)CC(C(=O)O)(N1CCNCC1)CC2. The van der Waals surface area contributed by atoms with Gasteiger partial charge in [-0.1, -0.05) is 6.07 Å². The minimum atomic E-state index is -0.762. The van der Waals surface area contributed by atoms with Gasteiger partial charge in [-0.25, -0.2) is 0 Å². The third-order valence-corrected chi connectivity index (χ3v) is 4.82. The lowest BCUT2D eigenvalue weighted by atomic mass is 9.76. The molecule has 0 radical (unpaired) electrons. The molecule has 2 N–H and O–H groups in total. The molecule has 0 saturated carbocycles. The van der Waals surface area contributed by atoms with Gasteiger partial charge in [0.1, 0.15) is 11.3 Å². The van der Waals surface area contributed by atoms with Gasteiger partial charge >= 0.3 is 5.97 Å². The van der Waals surface area contributed by atoms with Gasteiger partial charge in [0, 0.05) is 32.6 Å². The fraction of sp³-hybridized carbons (Fsp3) is 0.562. The molecule has 21 heavy (non-hydrogen) atoms. The van der Waals surface area contributed by atoms with E-state index < -0.39 is 11.5 Å². The second-order valence-electron chi connectivity index (χ2n) is 5.89. The van der Waals surface area contributed by atoms with Crippen LogP contribution in [0.5, 0.6) is 5.75 Å². The Morgan fingerprint density at radius 3 is 2.76 bits per heavy atom. The molecule has 1 aromatic carbocycles. The van der Waals surface area contributed by atoms with E-state index in [9.17, 15) is 9.90 Å². The summed E-state index contributed by atoms with van der Waals surface area (Å²) in [6.07, 6.45) is 2.06. The lowest BCUT2D eigenvalue weighted by Gasteiger charge is -2.45. The average Bonchev–Trinajstić information content (AvgIpc) is 2.54. The van der Waals surface area contributed by atoms with Crippen LogP contribution in [0.2, 0.25) is 0 Å². The van der Waals surface area contributed by atoms with Crippen LogP contribution in [0, 0.1) is 0 Å². The first-order chi connectivity index (χ1) is 10.2. The summed E-state index contributed by atoms with van der Waals surface area (Å²) in [6, 6.07) is 6.02. The van der Waals surface area contributed by atoms with Crippen LogP contribution in [-0.2, 0) is 17.6 Å². The molecule has 1 aliphatic heterocycles. The largest absolute Gasteiger partial charge is 0.497 e. The molecule has 1 aromatic rings. The molecule has 0 aromatic heterocycles. The normalized spacial score (nSPS) is 26.1. The third kappa shape index (κ3) is 2.51. The van der Waals surface area contributed by atoms with Crippen molar-refractivity contribution >= 4 is 5.97 Å². The predicted octanol–water partition coefficient (Wildman–Crippen LogP) is 0.912. The number of benzene rings is 1. The Kier molecular flexibility index (Phi) is 3.87. The molecule has 1 unspecified atom stereocenters. The summed E-state index contributed by atoms with van der Waals surface area (Å²) in [5, 5.41) is 13.2. The van der Waals surface area contributed by atoms with Gasteiger partial charge in [-0.3, -0.25) is 9.69 Å². The highest BCUT2D eigenvalue weighted by Crippen LogP contribution is 2.35. The van der Waals surface area contributed by atoms with Crippen LogP contribution in [0.4, 0.5) is 0 Å². The molecule has 1 fully saturated rings. The van der Waals surface area contributed by atoms with Crippen molar-refractivity contribution in [1.29, 1.82) is 0 Å². The number of hydrogen-bond donors (Lipinski definition) is 2. The number of aryl methyl sites for hydroxylation is 1. The maximum absolute atomic E-state index is 12.0. The summed E-state index contributed by atoms with van der Waals surface area (Å²) >= 11 is 0. The van der Waals surface area contributed by atoms with Crippen molar-refractivity contribution in [2.24, 2.45) is 0 Å². The third-order valence-electron chi connectivity index (χ3n) is 4.82. The van der Waals surface area contributed by atoms with E-state index in [0.717, 1.165) is 43.9 Å². The van der Waals surface area contributed by atoms with Crippen LogP contribution in [-0.4, -0.2) is 54.8 Å².